The van der Waals surface area contributed by atoms with Crippen molar-refractivity contribution in [2.24, 2.45) is 0 Å². The summed E-state index contributed by atoms with van der Waals surface area (Å²) in [6.07, 6.45) is -0.309. The smallest absolute Gasteiger partial charge is 0.382 e. The van der Waals surface area contributed by atoms with Gasteiger partial charge in [-0.25, -0.2) is 9.97 Å². The zero-order chi connectivity index (χ0) is 22.6. The van der Waals surface area contributed by atoms with Crippen LogP contribution < -0.4 is 5.73 Å². The molecule has 2 N–H and O–H groups in total. The minimum absolute atomic E-state index is 0.0434. The summed E-state index contributed by atoms with van der Waals surface area (Å²) >= 11 is 0. The number of pyridine rings is 1. The molecule has 0 aliphatic heterocycles. The lowest BCUT2D eigenvalue weighted by molar-refractivity contribution is -0.137. The molecule has 7 nitrogen and oxygen atoms in total. The van der Waals surface area contributed by atoms with Gasteiger partial charge < -0.3 is 10.6 Å². The number of hydrogen-bond acceptors (Lipinski definition) is 5. The maximum absolute atomic E-state index is 13.4. The van der Waals surface area contributed by atoms with Crippen LogP contribution in [0.25, 0.3) is 16.6 Å². The van der Waals surface area contributed by atoms with Gasteiger partial charge in [-0.15, -0.1) is 0 Å². The standard InChI is InChI=1S/C22H19F3N6O/c1-12-27-10-19-20(26)29-17-7-2-13(8-18(17)31(12)19)21(32)30(16-5-6-16)11-15-4-3-14(9-28-15)22(23,24)25/h2-4,7-10,16H,5-6,11H2,1H3,(H2,26,29). The fourth-order valence-corrected chi connectivity index (χ4v) is 3.83. The molecular weight excluding hydrogens is 421 g/mol. The summed E-state index contributed by atoms with van der Waals surface area (Å²) in [7, 11) is 0. The van der Waals surface area contributed by atoms with E-state index in [-0.39, 0.29) is 18.5 Å². The average Bonchev–Trinajstić information content (AvgIpc) is 3.52. The van der Waals surface area contributed by atoms with E-state index < -0.39 is 11.7 Å². The lowest BCUT2D eigenvalue weighted by Gasteiger charge is -2.22. The lowest BCUT2D eigenvalue weighted by Crippen LogP contribution is -2.33. The molecule has 0 atom stereocenters. The van der Waals surface area contributed by atoms with Gasteiger partial charge in [-0.3, -0.25) is 14.2 Å². The number of fused-ring (bicyclic) bond motifs is 3. The molecule has 4 aromatic rings. The number of anilines is 1. The molecule has 32 heavy (non-hydrogen) atoms. The fourth-order valence-electron chi connectivity index (χ4n) is 3.83. The van der Waals surface area contributed by atoms with E-state index in [9.17, 15) is 18.0 Å². The second kappa shape index (κ2) is 7.18. The number of hydrogen-bond donors (Lipinski definition) is 1. The van der Waals surface area contributed by atoms with Gasteiger partial charge in [-0.1, -0.05) is 0 Å². The Kier molecular flexibility index (Phi) is 4.54. The van der Waals surface area contributed by atoms with Crippen LogP contribution in [0.1, 0.15) is 40.3 Å². The van der Waals surface area contributed by atoms with Gasteiger partial charge in [-0.05, 0) is 50.1 Å². The number of imidazole rings is 1. The summed E-state index contributed by atoms with van der Waals surface area (Å²) in [5, 5.41) is 0. The minimum Gasteiger partial charge on any atom is -0.382 e. The largest absolute Gasteiger partial charge is 0.417 e. The van der Waals surface area contributed by atoms with Gasteiger partial charge in [0.05, 0.1) is 35.0 Å². The van der Waals surface area contributed by atoms with Crippen LogP contribution in [0.15, 0.2) is 42.7 Å². The van der Waals surface area contributed by atoms with Gasteiger partial charge in [0.15, 0.2) is 0 Å². The molecule has 0 bridgehead atoms. The van der Waals surface area contributed by atoms with Crippen molar-refractivity contribution in [1.82, 2.24) is 24.3 Å². The van der Waals surface area contributed by atoms with Crippen molar-refractivity contribution in [3.8, 4) is 0 Å². The molecule has 10 heteroatoms. The number of carbonyl (C=O) groups is 1. The SMILES string of the molecule is Cc1ncc2c(N)nc3ccc(C(=O)N(Cc4ccc(C(F)(F)F)cn4)C4CC4)cc3n12. The first-order valence-electron chi connectivity index (χ1n) is 10.1. The van der Waals surface area contributed by atoms with Crippen LogP contribution in [-0.2, 0) is 12.7 Å². The molecule has 1 aliphatic rings. The van der Waals surface area contributed by atoms with Gasteiger partial charge in [0.2, 0.25) is 0 Å². The topological polar surface area (TPSA) is 89.4 Å². The zero-order valence-electron chi connectivity index (χ0n) is 17.1. The van der Waals surface area contributed by atoms with Gasteiger partial charge in [0.25, 0.3) is 5.91 Å². The molecule has 3 heterocycles. The minimum atomic E-state index is -4.45. The van der Waals surface area contributed by atoms with Crippen LogP contribution >= 0.6 is 0 Å². The first kappa shape index (κ1) is 20.2. The number of halogens is 3. The molecule has 0 spiro atoms. The first-order valence-corrected chi connectivity index (χ1v) is 10.1. The Labute approximate surface area is 180 Å². The Hall–Kier alpha value is -3.69. The van der Waals surface area contributed by atoms with E-state index in [2.05, 4.69) is 15.0 Å². The number of carbonyl (C=O) groups excluding carboxylic acids is 1. The van der Waals surface area contributed by atoms with Crippen LogP contribution in [0.2, 0.25) is 0 Å². The molecule has 1 aromatic carbocycles. The second-order valence-electron chi connectivity index (χ2n) is 7.93. The van der Waals surface area contributed by atoms with Crippen molar-refractivity contribution in [2.75, 3.05) is 5.73 Å². The Bertz CT molecular complexity index is 1340. The third-order valence-electron chi connectivity index (χ3n) is 5.64. The quantitative estimate of drug-likeness (QED) is 0.518. The summed E-state index contributed by atoms with van der Waals surface area (Å²) in [5.41, 5.74) is 8.08. The van der Waals surface area contributed by atoms with Crippen molar-refractivity contribution in [1.29, 1.82) is 0 Å². The number of benzene rings is 1. The molecule has 164 valence electrons. The third-order valence-corrected chi connectivity index (χ3v) is 5.64. The Morgan fingerprint density at radius 3 is 2.59 bits per heavy atom. The predicted molar refractivity (Wildman–Crippen MR) is 112 cm³/mol. The van der Waals surface area contributed by atoms with E-state index in [1.165, 1.54) is 6.07 Å². The Morgan fingerprint density at radius 2 is 1.94 bits per heavy atom. The average molecular weight is 440 g/mol. The summed E-state index contributed by atoms with van der Waals surface area (Å²) in [6.45, 7) is 1.98. The summed E-state index contributed by atoms with van der Waals surface area (Å²) in [6, 6.07) is 7.52. The molecule has 3 aromatic heterocycles. The molecular formula is C22H19F3N6O. The molecule has 5 rings (SSSR count). The van der Waals surface area contributed by atoms with E-state index in [1.807, 2.05) is 11.3 Å². The Balaban J connectivity index is 1.49. The number of rotatable bonds is 4. The van der Waals surface area contributed by atoms with Crippen molar-refractivity contribution in [2.45, 2.75) is 38.5 Å². The van der Waals surface area contributed by atoms with Crippen LogP contribution in [0.3, 0.4) is 0 Å². The highest BCUT2D eigenvalue weighted by atomic mass is 19.4. The van der Waals surface area contributed by atoms with Crippen molar-refractivity contribution in [3.63, 3.8) is 0 Å². The highest BCUT2D eigenvalue weighted by Crippen LogP contribution is 2.32. The maximum atomic E-state index is 13.4. The number of nitrogens with two attached hydrogens (primary N) is 1. The molecule has 1 amide bonds. The highest BCUT2D eigenvalue weighted by Gasteiger charge is 2.34. The number of aromatic nitrogens is 4. The van der Waals surface area contributed by atoms with Gasteiger partial charge in [0, 0.05) is 17.8 Å². The first-order chi connectivity index (χ1) is 15.2. The van der Waals surface area contributed by atoms with Gasteiger partial charge >= 0.3 is 6.18 Å². The normalized spacial score (nSPS) is 14.2. The molecule has 1 saturated carbocycles. The zero-order valence-corrected chi connectivity index (χ0v) is 17.1. The van der Waals surface area contributed by atoms with E-state index in [0.29, 0.717) is 33.6 Å². The van der Waals surface area contributed by atoms with E-state index in [0.717, 1.165) is 30.9 Å². The molecule has 0 radical (unpaired) electrons. The van der Waals surface area contributed by atoms with Gasteiger partial charge in [-0.2, -0.15) is 13.2 Å². The fraction of sp³-hybridized carbons (Fsp3) is 0.273. The van der Waals surface area contributed by atoms with Crippen LogP contribution in [0, 0.1) is 6.92 Å². The molecule has 1 fully saturated rings. The third kappa shape index (κ3) is 3.51. The highest BCUT2D eigenvalue weighted by molar-refractivity contribution is 5.98. The Morgan fingerprint density at radius 1 is 1.16 bits per heavy atom. The van der Waals surface area contributed by atoms with Gasteiger partial charge in [0.1, 0.15) is 17.2 Å². The van der Waals surface area contributed by atoms with E-state index >= 15 is 0 Å². The molecule has 0 saturated heterocycles. The van der Waals surface area contributed by atoms with Crippen LogP contribution in [-0.4, -0.2) is 36.2 Å². The summed E-state index contributed by atoms with van der Waals surface area (Å²) in [5.74, 6) is 0.862. The van der Waals surface area contributed by atoms with Crippen LogP contribution in [0.5, 0.6) is 0 Å². The second-order valence-corrected chi connectivity index (χ2v) is 7.93. The number of alkyl halides is 3. The lowest BCUT2D eigenvalue weighted by atomic mass is 10.1. The van der Waals surface area contributed by atoms with E-state index in [4.69, 9.17) is 5.73 Å². The van der Waals surface area contributed by atoms with Crippen molar-refractivity contribution >= 4 is 28.3 Å². The maximum Gasteiger partial charge on any atom is 0.417 e. The predicted octanol–water partition coefficient (Wildman–Crippen LogP) is 3.99. The summed E-state index contributed by atoms with van der Waals surface area (Å²) < 4.78 is 40.3. The number of aryl methyl sites for hydroxylation is 1. The molecule has 0 unspecified atom stereocenters. The number of nitrogen functional groups attached to an aromatic ring is 1. The molecule has 1 aliphatic carbocycles. The summed E-state index contributed by atoms with van der Waals surface area (Å²) in [4.78, 5) is 27.7. The van der Waals surface area contributed by atoms with Crippen molar-refractivity contribution in [3.05, 3.63) is 65.4 Å². The monoisotopic (exact) mass is 440 g/mol. The van der Waals surface area contributed by atoms with Crippen molar-refractivity contribution < 1.29 is 18.0 Å². The number of nitrogens with zero attached hydrogens (tertiary/aromatic N) is 5. The van der Waals surface area contributed by atoms with E-state index in [1.54, 1.807) is 29.3 Å². The van der Waals surface area contributed by atoms with Crippen LogP contribution in [0.4, 0.5) is 19.0 Å². The number of amides is 1.